The fourth-order valence-corrected chi connectivity index (χ4v) is 5.42. The van der Waals surface area contributed by atoms with Gasteiger partial charge in [0.05, 0.1) is 30.9 Å². The zero-order valence-corrected chi connectivity index (χ0v) is 21.3. The first-order valence-corrected chi connectivity index (χ1v) is 12.1. The van der Waals surface area contributed by atoms with Gasteiger partial charge in [-0.1, -0.05) is 48.0 Å². The number of benzene rings is 2. The van der Waals surface area contributed by atoms with Crippen molar-refractivity contribution in [3.63, 3.8) is 0 Å². The maximum Gasteiger partial charge on any atom is 0.315 e. The first kappa shape index (κ1) is 25.1. The normalized spacial score (nSPS) is 21.8. The van der Waals surface area contributed by atoms with Crippen LogP contribution in [0.1, 0.15) is 42.7 Å². The van der Waals surface area contributed by atoms with Crippen LogP contribution in [0.15, 0.2) is 59.9 Å². The minimum atomic E-state index is -0.814. The molecule has 1 aliphatic carbocycles. The molecule has 0 radical (unpaired) electrons. The van der Waals surface area contributed by atoms with Gasteiger partial charge >= 0.3 is 5.97 Å². The van der Waals surface area contributed by atoms with E-state index in [0.29, 0.717) is 44.8 Å². The molecular formula is C27H27Cl2NO5. The number of carbonyl (C=O) groups excluding carboxylic acids is 2. The molecule has 4 rings (SSSR count). The molecule has 1 N–H and O–H groups in total. The highest BCUT2D eigenvalue weighted by Gasteiger charge is 2.46. The number of halogens is 2. The molecule has 2 aromatic rings. The molecule has 0 saturated heterocycles. The molecule has 1 heterocycles. The second-order valence-corrected chi connectivity index (χ2v) is 9.32. The van der Waals surface area contributed by atoms with Gasteiger partial charge in [-0.2, -0.15) is 0 Å². The second-order valence-electron chi connectivity index (χ2n) is 8.54. The van der Waals surface area contributed by atoms with E-state index in [0.717, 1.165) is 11.3 Å². The number of allylic oxidation sites excluding steroid dienone is 2. The standard InChI is InChI=1S/C27H27Cl2NO5/c1-5-35-27(32)23-14(2)30-19-11-16(15-9-10-21(33-3)22(13-15)34-4)12-20(31)25(19)24(23)17-7-6-8-18(28)26(17)29/h6-10,13,16,23-24,30H,2,5,11-12H2,1,3-4H3. The summed E-state index contributed by atoms with van der Waals surface area (Å²) >= 11 is 12.9. The lowest BCUT2D eigenvalue weighted by molar-refractivity contribution is -0.147. The maximum absolute atomic E-state index is 13.7. The summed E-state index contributed by atoms with van der Waals surface area (Å²) in [6.45, 7) is 6.07. The SMILES string of the molecule is C=C1NC2=C(C(=O)CC(c3ccc(OC)c(OC)c3)C2)C(c2cccc(Cl)c2Cl)C1C(=O)OCC. The van der Waals surface area contributed by atoms with Crippen molar-refractivity contribution in [2.24, 2.45) is 5.92 Å². The summed E-state index contributed by atoms with van der Waals surface area (Å²) in [5.74, 6) is -0.863. The van der Waals surface area contributed by atoms with Crippen LogP contribution in [0.5, 0.6) is 11.5 Å². The zero-order chi connectivity index (χ0) is 25.3. The Balaban J connectivity index is 1.81. The number of nitrogens with one attached hydrogen (secondary N) is 1. The number of carbonyl (C=O) groups is 2. The van der Waals surface area contributed by atoms with Crippen molar-refractivity contribution in [2.45, 2.75) is 31.6 Å². The molecule has 1 aliphatic heterocycles. The molecule has 6 nitrogen and oxygen atoms in total. The Hall–Kier alpha value is -2.96. The highest BCUT2D eigenvalue weighted by atomic mass is 35.5. The summed E-state index contributed by atoms with van der Waals surface area (Å²) in [4.78, 5) is 26.7. The Bertz CT molecular complexity index is 1220. The quantitative estimate of drug-likeness (QED) is 0.490. The van der Waals surface area contributed by atoms with Gasteiger partial charge in [-0.3, -0.25) is 9.59 Å². The van der Waals surface area contributed by atoms with Gasteiger partial charge in [0.1, 0.15) is 5.92 Å². The van der Waals surface area contributed by atoms with E-state index in [1.54, 1.807) is 39.3 Å². The van der Waals surface area contributed by atoms with E-state index in [4.69, 9.17) is 37.4 Å². The third-order valence-electron chi connectivity index (χ3n) is 6.58. The Kier molecular flexibility index (Phi) is 7.43. The average molecular weight is 516 g/mol. The van der Waals surface area contributed by atoms with Gasteiger partial charge in [-0.15, -0.1) is 0 Å². The lowest BCUT2D eigenvalue weighted by Gasteiger charge is -2.40. The molecule has 0 fully saturated rings. The van der Waals surface area contributed by atoms with Crippen LogP contribution in [0, 0.1) is 5.92 Å². The van der Waals surface area contributed by atoms with Crippen LogP contribution in [-0.4, -0.2) is 32.6 Å². The number of Topliss-reactive ketones (excluding diaryl/α,β-unsaturated/α-hetero) is 1. The van der Waals surface area contributed by atoms with E-state index in [-0.39, 0.29) is 24.7 Å². The molecule has 184 valence electrons. The molecule has 0 bridgehead atoms. The predicted molar refractivity (Wildman–Crippen MR) is 135 cm³/mol. The molecule has 35 heavy (non-hydrogen) atoms. The molecule has 0 aromatic heterocycles. The van der Waals surface area contributed by atoms with E-state index in [1.165, 1.54) is 0 Å². The van der Waals surface area contributed by atoms with Crippen LogP contribution in [0.4, 0.5) is 0 Å². The highest BCUT2D eigenvalue weighted by molar-refractivity contribution is 6.42. The number of ketones is 1. The summed E-state index contributed by atoms with van der Waals surface area (Å²) in [6.07, 6.45) is 0.826. The number of ether oxygens (including phenoxy) is 3. The Morgan fingerprint density at radius 2 is 1.86 bits per heavy atom. The van der Waals surface area contributed by atoms with Gasteiger partial charge in [0.15, 0.2) is 17.3 Å². The van der Waals surface area contributed by atoms with Crippen molar-refractivity contribution >= 4 is 35.0 Å². The van der Waals surface area contributed by atoms with E-state index in [2.05, 4.69) is 11.9 Å². The van der Waals surface area contributed by atoms with E-state index in [1.807, 2.05) is 18.2 Å². The largest absolute Gasteiger partial charge is 0.493 e. The van der Waals surface area contributed by atoms with Crippen LogP contribution in [0.2, 0.25) is 10.0 Å². The Morgan fingerprint density at radius 3 is 2.54 bits per heavy atom. The highest BCUT2D eigenvalue weighted by Crippen LogP contribution is 2.49. The summed E-state index contributed by atoms with van der Waals surface area (Å²) in [6, 6.07) is 10.9. The zero-order valence-electron chi connectivity index (χ0n) is 19.8. The first-order valence-electron chi connectivity index (χ1n) is 11.3. The van der Waals surface area contributed by atoms with Crippen LogP contribution in [-0.2, 0) is 14.3 Å². The average Bonchev–Trinajstić information content (AvgIpc) is 2.84. The predicted octanol–water partition coefficient (Wildman–Crippen LogP) is 5.79. The van der Waals surface area contributed by atoms with Gasteiger partial charge in [0.25, 0.3) is 0 Å². The minimum Gasteiger partial charge on any atom is -0.493 e. The molecular weight excluding hydrogens is 489 g/mol. The topological polar surface area (TPSA) is 73.9 Å². The van der Waals surface area contributed by atoms with Crippen molar-refractivity contribution in [3.05, 3.63) is 81.1 Å². The maximum atomic E-state index is 13.7. The van der Waals surface area contributed by atoms with Crippen LogP contribution in [0.25, 0.3) is 0 Å². The van der Waals surface area contributed by atoms with Crippen molar-refractivity contribution in [3.8, 4) is 11.5 Å². The second kappa shape index (κ2) is 10.3. The molecule has 0 saturated carbocycles. The number of esters is 1. The number of hydrogen-bond donors (Lipinski definition) is 1. The molecule has 0 spiro atoms. The molecule has 0 amide bonds. The van der Waals surface area contributed by atoms with E-state index < -0.39 is 17.8 Å². The van der Waals surface area contributed by atoms with Gasteiger partial charge in [-0.25, -0.2) is 0 Å². The fourth-order valence-electron chi connectivity index (χ4n) is 5.00. The molecule has 3 atom stereocenters. The summed E-state index contributed by atoms with van der Waals surface area (Å²) in [5, 5.41) is 3.92. The van der Waals surface area contributed by atoms with Crippen molar-refractivity contribution < 1.29 is 23.8 Å². The molecule has 8 heteroatoms. The third-order valence-corrected chi connectivity index (χ3v) is 7.41. The minimum absolute atomic E-state index is 0.0682. The molecule has 2 aromatic carbocycles. The van der Waals surface area contributed by atoms with Crippen LogP contribution < -0.4 is 14.8 Å². The van der Waals surface area contributed by atoms with Crippen molar-refractivity contribution in [1.82, 2.24) is 5.32 Å². The number of rotatable bonds is 6. The van der Waals surface area contributed by atoms with Crippen LogP contribution >= 0.6 is 23.2 Å². The summed E-state index contributed by atoms with van der Waals surface area (Å²) in [7, 11) is 3.16. The van der Waals surface area contributed by atoms with Gasteiger partial charge in [0, 0.05) is 29.3 Å². The third kappa shape index (κ3) is 4.65. The monoisotopic (exact) mass is 515 g/mol. The lowest BCUT2D eigenvalue weighted by atomic mass is 9.69. The van der Waals surface area contributed by atoms with Crippen LogP contribution in [0.3, 0.4) is 0 Å². The fraction of sp³-hybridized carbons (Fsp3) is 0.333. The molecule has 3 unspecified atom stereocenters. The first-order chi connectivity index (χ1) is 16.8. The van der Waals surface area contributed by atoms with Gasteiger partial charge in [-0.05, 0) is 48.6 Å². The summed E-state index contributed by atoms with van der Waals surface area (Å²) < 4.78 is 16.1. The number of methoxy groups -OCH3 is 2. The van der Waals surface area contributed by atoms with Gasteiger partial charge < -0.3 is 19.5 Å². The van der Waals surface area contributed by atoms with Gasteiger partial charge in [0.2, 0.25) is 0 Å². The summed E-state index contributed by atoms with van der Waals surface area (Å²) in [5.41, 5.74) is 3.28. The van der Waals surface area contributed by atoms with E-state index >= 15 is 0 Å². The number of hydrogen-bond acceptors (Lipinski definition) is 6. The Morgan fingerprint density at radius 1 is 1.11 bits per heavy atom. The smallest absolute Gasteiger partial charge is 0.315 e. The van der Waals surface area contributed by atoms with E-state index in [9.17, 15) is 9.59 Å². The molecule has 2 aliphatic rings. The van der Waals surface area contributed by atoms with Crippen molar-refractivity contribution in [1.29, 1.82) is 0 Å². The van der Waals surface area contributed by atoms with Crippen molar-refractivity contribution in [2.75, 3.05) is 20.8 Å². The lowest BCUT2D eigenvalue weighted by Crippen LogP contribution is -2.42. The Labute approximate surface area is 214 Å².